The Morgan fingerprint density at radius 1 is 1.01 bits per heavy atom. The fourth-order valence-electron chi connectivity index (χ4n) is 11.1. The summed E-state index contributed by atoms with van der Waals surface area (Å²) in [5.74, 6) is -2.18. The Labute approximate surface area is 453 Å². The molecule has 0 spiro atoms. The quantitative estimate of drug-likeness (QED) is 0.0433. The lowest BCUT2D eigenvalue weighted by molar-refractivity contribution is -0.144. The number of piperazine rings is 1. The first kappa shape index (κ1) is 56.0. The number of aryl methyl sites for hydroxylation is 2. The number of rotatable bonds is 18. The first-order valence-corrected chi connectivity index (χ1v) is 27.4. The number of amides is 3. The lowest BCUT2D eigenvalue weighted by Crippen LogP contribution is -2.57. The van der Waals surface area contributed by atoms with Gasteiger partial charge in [-0.25, -0.2) is 14.4 Å². The summed E-state index contributed by atoms with van der Waals surface area (Å²) in [6.45, 7) is 12.1. The molecule has 0 saturated carbocycles. The average molecular weight is 1110 g/mol. The van der Waals surface area contributed by atoms with E-state index in [1.165, 1.54) is 17.9 Å². The van der Waals surface area contributed by atoms with Crippen molar-refractivity contribution in [2.45, 2.75) is 129 Å². The van der Waals surface area contributed by atoms with Crippen LogP contribution in [0, 0.1) is 25.1 Å². The van der Waals surface area contributed by atoms with E-state index in [9.17, 15) is 32.7 Å². The molecule has 4 fully saturated rings. The van der Waals surface area contributed by atoms with Crippen LogP contribution in [0.15, 0.2) is 41.9 Å². The third-order valence-electron chi connectivity index (χ3n) is 14.9. The van der Waals surface area contributed by atoms with Crippen molar-refractivity contribution in [2.75, 3.05) is 63.2 Å². The molecule has 2 bridgehead atoms. The summed E-state index contributed by atoms with van der Waals surface area (Å²) in [7, 11) is 0. The predicted octanol–water partition coefficient (Wildman–Crippen LogP) is 7.22. The molecule has 5 aromatic rings. The molecule has 414 valence electrons. The van der Waals surface area contributed by atoms with Gasteiger partial charge in [-0.05, 0) is 86.7 Å². The Hall–Kier alpha value is -5.78. The number of aliphatic hydroxyl groups excluding tert-OH is 1. The largest absolute Gasteiger partial charge is 0.462 e. The number of carbonyl (C=O) groups excluding carboxylic acids is 3. The number of nitrogens with zero attached hydrogens (tertiary/aromatic N) is 7. The van der Waals surface area contributed by atoms with Gasteiger partial charge in [-0.2, -0.15) is 23.1 Å². The number of aromatic nitrogens is 4. The maximum Gasteiger partial charge on any atom is 0.418 e. The topological polar surface area (TPSA) is 213 Å². The molecule has 23 heteroatoms. The van der Waals surface area contributed by atoms with Crippen LogP contribution in [0.4, 0.5) is 29.2 Å². The maximum absolute atomic E-state index is 17.0. The van der Waals surface area contributed by atoms with Crippen LogP contribution in [0.25, 0.3) is 32.6 Å². The monoisotopic (exact) mass is 1110 g/mol. The number of thiazole rings is 1. The molecule has 7 heterocycles. The number of fused-ring (bicyclic) bond motifs is 3. The van der Waals surface area contributed by atoms with Gasteiger partial charge in [0.1, 0.15) is 35.8 Å². The summed E-state index contributed by atoms with van der Waals surface area (Å²) in [6, 6.07) is 8.58. The first-order valence-electron chi connectivity index (χ1n) is 26.2. The summed E-state index contributed by atoms with van der Waals surface area (Å²) in [4.78, 5) is 65.3. The van der Waals surface area contributed by atoms with Crippen LogP contribution in [0.3, 0.4) is 0 Å². The minimum Gasteiger partial charge on any atom is -0.462 e. The van der Waals surface area contributed by atoms with E-state index in [0.29, 0.717) is 38.5 Å². The minimum atomic E-state index is -4.89. The Bertz CT molecular complexity index is 2970. The number of hydrogen-bond donors (Lipinski definition) is 5. The van der Waals surface area contributed by atoms with Gasteiger partial charge in [-0.1, -0.05) is 56.6 Å². The number of benzene rings is 2. The number of nitrogen functional groups attached to an aromatic ring is 1. The van der Waals surface area contributed by atoms with Crippen molar-refractivity contribution in [1.82, 2.24) is 45.7 Å². The molecule has 77 heavy (non-hydrogen) atoms. The van der Waals surface area contributed by atoms with Crippen LogP contribution in [0.5, 0.6) is 6.01 Å². The van der Waals surface area contributed by atoms with Gasteiger partial charge in [-0.15, -0.1) is 11.3 Å². The van der Waals surface area contributed by atoms with Crippen LogP contribution in [-0.4, -0.2) is 141 Å². The summed E-state index contributed by atoms with van der Waals surface area (Å²) < 4.78 is 72.6. The highest BCUT2D eigenvalue weighted by molar-refractivity contribution is 7.13. The summed E-state index contributed by atoms with van der Waals surface area (Å²) in [6.07, 6.45) is -1.49. The number of carbonyl (C=O) groups is 3. The van der Waals surface area contributed by atoms with Crippen LogP contribution >= 0.6 is 22.9 Å². The Morgan fingerprint density at radius 3 is 2.44 bits per heavy atom. The van der Waals surface area contributed by atoms with Gasteiger partial charge in [0.15, 0.2) is 5.82 Å². The van der Waals surface area contributed by atoms with Crippen LogP contribution in [0.2, 0.25) is 5.02 Å². The molecule has 9 rings (SSSR count). The van der Waals surface area contributed by atoms with E-state index in [-0.39, 0.29) is 96.5 Å². The van der Waals surface area contributed by atoms with E-state index in [2.05, 4.69) is 35.8 Å². The van der Waals surface area contributed by atoms with Crippen LogP contribution in [0.1, 0.15) is 88.1 Å². The molecule has 0 aliphatic carbocycles. The number of anilines is 2. The Balaban J connectivity index is 0.782. The number of aliphatic hydroxyl groups is 1. The molecule has 6 atom stereocenters. The highest BCUT2D eigenvalue weighted by Crippen LogP contribution is 2.45. The highest BCUT2D eigenvalue weighted by atomic mass is 35.5. The second kappa shape index (κ2) is 23.3. The fourth-order valence-corrected chi connectivity index (χ4v) is 12.2. The van der Waals surface area contributed by atoms with Gasteiger partial charge in [-0.3, -0.25) is 19.3 Å². The molecule has 3 aromatic heterocycles. The third-order valence-corrected chi connectivity index (χ3v) is 16.2. The lowest BCUT2D eigenvalue weighted by Gasteiger charge is -2.35. The molecule has 6 N–H and O–H groups in total. The highest BCUT2D eigenvalue weighted by Gasteiger charge is 2.45. The van der Waals surface area contributed by atoms with Crippen molar-refractivity contribution in [1.29, 1.82) is 0 Å². The Kier molecular flexibility index (Phi) is 16.9. The number of halogens is 5. The van der Waals surface area contributed by atoms with Gasteiger partial charge < -0.3 is 46.1 Å². The number of likely N-dealkylation sites (tertiary alicyclic amines) is 2. The van der Waals surface area contributed by atoms with E-state index in [4.69, 9.17) is 31.8 Å². The number of ether oxygens (including phenoxy) is 2. The van der Waals surface area contributed by atoms with Crippen molar-refractivity contribution >= 4 is 63.2 Å². The minimum absolute atomic E-state index is 0.00965. The van der Waals surface area contributed by atoms with E-state index in [1.54, 1.807) is 16.8 Å². The molecular weight excluding hydrogens is 1040 g/mol. The zero-order valence-corrected chi connectivity index (χ0v) is 45.4. The molecule has 17 nitrogen and oxygen atoms in total. The number of alkyl halides is 3. The maximum atomic E-state index is 17.0. The van der Waals surface area contributed by atoms with E-state index in [0.717, 1.165) is 60.0 Å². The zero-order valence-electron chi connectivity index (χ0n) is 43.8. The summed E-state index contributed by atoms with van der Waals surface area (Å²) >= 11 is 8.24. The lowest BCUT2D eigenvalue weighted by atomic mass is 9.85. The van der Waals surface area contributed by atoms with Crippen LogP contribution in [-0.2, 0) is 31.8 Å². The number of hydrogen-bond acceptors (Lipinski definition) is 15. The van der Waals surface area contributed by atoms with E-state index in [1.807, 2.05) is 56.9 Å². The molecule has 4 aliphatic heterocycles. The van der Waals surface area contributed by atoms with Gasteiger partial charge in [0, 0.05) is 75.7 Å². The molecule has 2 aromatic carbocycles. The van der Waals surface area contributed by atoms with Crippen molar-refractivity contribution in [3.05, 3.63) is 75.1 Å². The van der Waals surface area contributed by atoms with Crippen molar-refractivity contribution in [2.24, 2.45) is 5.41 Å². The Morgan fingerprint density at radius 2 is 1.75 bits per heavy atom. The number of nitrogens with two attached hydrogens (primary N) is 1. The second-order valence-electron chi connectivity index (χ2n) is 21.7. The average Bonchev–Trinajstić information content (AvgIpc) is 4.22. The van der Waals surface area contributed by atoms with Gasteiger partial charge in [0.2, 0.25) is 17.7 Å². The van der Waals surface area contributed by atoms with E-state index >= 15 is 4.39 Å². The van der Waals surface area contributed by atoms with Gasteiger partial charge >= 0.3 is 12.2 Å². The molecular formula is C54H66ClF4N11O6S. The smallest absolute Gasteiger partial charge is 0.418 e. The predicted molar refractivity (Wildman–Crippen MR) is 286 cm³/mol. The van der Waals surface area contributed by atoms with Crippen molar-refractivity contribution in [3.63, 3.8) is 0 Å². The molecule has 4 aliphatic rings. The number of β-amino-alcohol motifs (C(OH)–C–C–N with tert-alkyl or cyclic N) is 1. The summed E-state index contributed by atoms with van der Waals surface area (Å²) in [5.41, 5.74) is 6.91. The first-order chi connectivity index (χ1) is 36.6. The molecule has 4 saturated heterocycles. The standard InChI is InChI=1S/C54H66ClF4N11O6S/c1-29-20-40(60)64-46(43(29)54(57,58)59)42-38(55)22-37-45(44(42)56)66-52(67-49(37)69-24-33-13-14-34(25-69)63-33)76-27-35-8-6-16-68(35)17-7-18-75-19-15-41(72)65-48(53(3,4)5)51(74)70-26-36(71)21-39(70)50(73)61-23-31-9-11-32(12-10-31)47-30(2)62-28-77-47/h9-12,20,22,28,33-36,39,48,63,71H,6-8,13-19,21,23-27H2,1-5H3,(H2,60,64)(H,61,73)(H,65,72)/t33?,34?,35-,36+,39-,48+/m0/s1. The fraction of sp³-hybridized carbons (Fsp3) is 0.537. The van der Waals surface area contributed by atoms with Crippen molar-refractivity contribution in [3.8, 4) is 27.7 Å². The SMILES string of the molecule is Cc1cc(N)nc(-c2c(Cl)cc3c(N4CC5CCC(C4)N5)nc(OC[C@@H]4CCCN4CCCOCCC(=O)N[C@H](C(=O)N4C[C@H](O)C[C@H]4C(=O)NCc4ccc(-c5scnc5C)cc4)C(C)(C)C)nc3c2F)c1C(F)(F)F. The number of pyridine rings is 1. The number of nitrogens with one attached hydrogen (secondary N) is 3. The van der Waals surface area contributed by atoms with Crippen LogP contribution < -0.4 is 31.3 Å². The molecule has 0 radical (unpaired) electrons. The molecule has 2 unspecified atom stereocenters. The van der Waals surface area contributed by atoms with E-state index < -0.39 is 64.2 Å². The van der Waals surface area contributed by atoms with Gasteiger partial charge in [0.05, 0.1) is 50.6 Å². The summed E-state index contributed by atoms with van der Waals surface area (Å²) in [5, 5.41) is 20.0. The zero-order chi connectivity index (χ0) is 54.9. The third kappa shape index (κ3) is 12.7. The van der Waals surface area contributed by atoms with Gasteiger partial charge in [0.25, 0.3) is 0 Å². The van der Waals surface area contributed by atoms with Crippen molar-refractivity contribution < 1.29 is 46.5 Å². The normalized spacial score (nSPS) is 21.3. The second-order valence-corrected chi connectivity index (χ2v) is 23.0. The molecule has 3 amide bonds.